The van der Waals surface area contributed by atoms with Crippen molar-refractivity contribution in [3.63, 3.8) is 0 Å². The number of amides is 2. The van der Waals surface area contributed by atoms with E-state index in [0.29, 0.717) is 38.3 Å². The van der Waals surface area contributed by atoms with Crippen LogP contribution in [-0.2, 0) is 16.0 Å². The number of piperazine rings is 1. The van der Waals surface area contributed by atoms with Crippen LogP contribution in [0.5, 0.6) is 0 Å². The van der Waals surface area contributed by atoms with Gasteiger partial charge in [-0.05, 0) is 39.8 Å². The maximum Gasteiger partial charge on any atom is 0.410 e. The van der Waals surface area contributed by atoms with Crippen molar-refractivity contribution < 1.29 is 19.1 Å². The molecule has 1 fully saturated rings. The molecule has 1 aliphatic heterocycles. The molecule has 0 radical (unpaired) electrons. The second-order valence-electron chi connectivity index (χ2n) is 8.36. The van der Waals surface area contributed by atoms with E-state index in [2.05, 4.69) is 10.2 Å². The number of methoxy groups -OCH3 is 1. The van der Waals surface area contributed by atoms with Crippen molar-refractivity contribution in [2.75, 3.05) is 53.0 Å². The van der Waals surface area contributed by atoms with Crippen molar-refractivity contribution in [3.8, 4) is 0 Å². The third-order valence-electron chi connectivity index (χ3n) is 4.74. The highest BCUT2D eigenvalue weighted by Gasteiger charge is 2.25. The Bertz CT molecular complexity index is 763. The molecule has 0 spiro atoms. The third kappa shape index (κ3) is 7.79. The van der Waals surface area contributed by atoms with Crippen LogP contribution in [0.1, 0.15) is 37.6 Å². The summed E-state index contributed by atoms with van der Waals surface area (Å²) in [5, 5.41) is 2.90. The van der Waals surface area contributed by atoms with E-state index in [4.69, 9.17) is 9.47 Å². The zero-order chi connectivity index (χ0) is 22.1. The van der Waals surface area contributed by atoms with Gasteiger partial charge in [0, 0.05) is 58.6 Å². The molecule has 2 rings (SSSR count). The maximum absolute atomic E-state index is 12.3. The molecule has 1 aromatic heterocycles. The number of hydrogen-bond donors (Lipinski definition) is 1. The van der Waals surface area contributed by atoms with Crippen LogP contribution in [0.4, 0.5) is 4.79 Å². The van der Waals surface area contributed by atoms with Gasteiger partial charge >= 0.3 is 6.09 Å². The van der Waals surface area contributed by atoms with Crippen LogP contribution in [0.3, 0.4) is 0 Å². The summed E-state index contributed by atoms with van der Waals surface area (Å²) in [6.07, 6.45) is 2.11. The molecule has 0 aromatic carbocycles. The Balaban J connectivity index is 1.69. The predicted molar refractivity (Wildman–Crippen MR) is 114 cm³/mol. The molecule has 2 heterocycles. The zero-order valence-electron chi connectivity index (χ0n) is 18.5. The SMILES string of the molecule is COCCn1cc(C(=O)NCCCN2CCN(C(=O)OC(C)(C)C)CC2)ccc1=O. The summed E-state index contributed by atoms with van der Waals surface area (Å²) < 4.78 is 11.9. The predicted octanol–water partition coefficient (Wildman–Crippen LogP) is 1.17. The Morgan fingerprint density at radius 1 is 1.10 bits per heavy atom. The summed E-state index contributed by atoms with van der Waals surface area (Å²) in [5.41, 5.74) is -0.186. The highest BCUT2D eigenvalue weighted by Crippen LogP contribution is 2.12. The number of carbonyl (C=O) groups is 2. The minimum atomic E-state index is -0.483. The fourth-order valence-corrected chi connectivity index (χ4v) is 3.12. The van der Waals surface area contributed by atoms with Gasteiger partial charge in [0.05, 0.1) is 12.2 Å². The summed E-state index contributed by atoms with van der Waals surface area (Å²) in [7, 11) is 1.57. The van der Waals surface area contributed by atoms with Gasteiger partial charge in [-0.1, -0.05) is 0 Å². The summed E-state index contributed by atoms with van der Waals surface area (Å²) >= 11 is 0. The first-order chi connectivity index (χ1) is 14.2. The molecule has 1 saturated heterocycles. The molecule has 30 heavy (non-hydrogen) atoms. The molecule has 0 aliphatic carbocycles. The average Bonchev–Trinajstić information content (AvgIpc) is 2.69. The van der Waals surface area contributed by atoms with Gasteiger partial charge in [0.15, 0.2) is 0 Å². The topological polar surface area (TPSA) is 93.1 Å². The Hall–Kier alpha value is -2.39. The Morgan fingerprint density at radius 3 is 2.43 bits per heavy atom. The number of carbonyl (C=O) groups excluding carboxylic acids is 2. The third-order valence-corrected chi connectivity index (χ3v) is 4.74. The number of rotatable bonds is 8. The quantitative estimate of drug-likeness (QED) is 0.632. The average molecular weight is 423 g/mol. The molecular formula is C21H34N4O5. The Morgan fingerprint density at radius 2 is 1.80 bits per heavy atom. The van der Waals surface area contributed by atoms with E-state index < -0.39 is 5.60 Å². The summed E-state index contributed by atoms with van der Waals surface area (Å²) in [5.74, 6) is -0.198. The van der Waals surface area contributed by atoms with Crippen molar-refractivity contribution in [3.05, 3.63) is 34.2 Å². The monoisotopic (exact) mass is 422 g/mol. The number of aromatic nitrogens is 1. The highest BCUT2D eigenvalue weighted by atomic mass is 16.6. The van der Waals surface area contributed by atoms with Gasteiger partial charge in [-0.15, -0.1) is 0 Å². The zero-order valence-corrected chi connectivity index (χ0v) is 18.5. The lowest BCUT2D eigenvalue weighted by molar-refractivity contribution is 0.0144. The first-order valence-corrected chi connectivity index (χ1v) is 10.4. The number of hydrogen-bond acceptors (Lipinski definition) is 6. The largest absolute Gasteiger partial charge is 0.444 e. The van der Waals surface area contributed by atoms with Gasteiger partial charge in [0.25, 0.3) is 11.5 Å². The van der Waals surface area contributed by atoms with Crippen LogP contribution in [0.15, 0.2) is 23.1 Å². The minimum absolute atomic E-state index is 0.158. The van der Waals surface area contributed by atoms with Gasteiger partial charge < -0.3 is 24.3 Å². The van der Waals surface area contributed by atoms with Gasteiger partial charge in [-0.3, -0.25) is 14.5 Å². The Labute approximate surface area is 177 Å². The lowest BCUT2D eigenvalue weighted by Crippen LogP contribution is -2.50. The first-order valence-electron chi connectivity index (χ1n) is 10.4. The molecular weight excluding hydrogens is 388 g/mol. The van der Waals surface area contributed by atoms with Crippen LogP contribution in [-0.4, -0.2) is 85.0 Å². The molecule has 1 N–H and O–H groups in total. The van der Waals surface area contributed by atoms with E-state index >= 15 is 0 Å². The molecule has 0 unspecified atom stereocenters. The maximum atomic E-state index is 12.3. The van der Waals surface area contributed by atoms with Crippen molar-refractivity contribution in [2.45, 2.75) is 39.3 Å². The van der Waals surface area contributed by atoms with Crippen LogP contribution in [0.25, 0.3) is 0 Å². The van der Waals surface area contributed by atoms with E-state index in [0.717, 1.165) is 26.1 Å². The van der Waals surface area contributed by atoms with E-state index in [1.54, 1.807) is 18.2 Å². The van der Waals surface area contributed by atoms with Crippen molar-refractivity contribution in [1.82, 2.24) is 19.7 Å². The van der Waals surface area contributed by atoms with Gasteiger partial charge in [-0.2, -0.15) is 0 Å². The Kier molecular flexibility index (Phi) is 8.86. The van der Waals surface area contributed by atoms with Crippen LogP contribution in [0.2, 0.25) is 0 Å². The van der Waals surface area contributed by atoms with E-state index in [-0.39, 0.29) is 17.6 Å². The fourth-order valence-electron chi connectivity index (χ4n) is 3.12. The molecule has 0 saturated carbocycles. The molecule has 0 bridgehead atoms. The molecule has 9 nitrogen and oxygen atoms in total. The summed E-state index contributed by atoms with van der Waals surface area (Å²) in [4.78, 5) is 40.3. The molecule has 0 atom stereocenters. The molecule has 9 heteroatoms. The second kappa shape index (κ2) is 11.1. The number of ether oxygens (including phenoxy) is 2. The second-order valence-corrected chi connectivity index (χ2v) is 8.36. The number of nitrogens with zero attached hydrogens (tertiary/aromatic N) is 3. The van der Waals surface area contributed by atoms with Gasteiger partial charge in [-0.25, -0.2) is 4.79 Å². The minimum Gasteiger partial charge on any atom is -0.444 e. The van der Waals surface area contributed by atoms with Crippen molar-refractivity contribution in [2.24, 2.45) is 0 Å². The number of nitrogens with one attached hydrogen (secondary N) is 1. The van der Waals surface area contributed by atoms with Crippen LogP contribution in [0, 0.1) is 0 Å². The fraction of sp³-hybridized carbons (Fsp3) is 0.667. The molecule has 1 aromatic rings. The lowest BCUT2D eigenvalue weighted by atomic mass is 10.2. The summed E-state index contributed by atoms with van der Waals surface area (Å²) in [6.45, 7) is 10.7. The standard InChI is InChI=1S/C21H34N4O5/c1-21(2,3)30-20(28)24-12-10-23(11-13-24)9-5-8-22-19(27)17-6-7-18(26)25(16-17)14-15-29-4/h6-7,16H,5,8-15H2,1-4H3,(H,22,27). The van der Waals surface area contributed by atoms with Crippen LogP contribution < -0.4 is 10.9 Å². The molecule has 168 valence electrons. The van der Waals surface area contributed by atoms with E-state index in [1.165, 1.54) is 16.7 Å². The van der Waals surface area contributed by atoms with Gasteiger partial charge in [0.1, 0.15) is 5.60 Å². The number of pyridine rings is 1. The van der Waals surface area contributed by atoms with E-state index in [1.807, 2.05) is 20.8 Å². The van der Waals surface area contributed by atoms with Gasteiger partial charge in [0.2, 0.25) is 0 Å². The normalized spacial score (nSPS) is 15.1. The van der Waals surface area contributed by atoms with Crippen molar-refractivity contribution >= 4 is 12.0 Å². The molecule has 2 amide bonds. The first kappa shape index (κ1) is 23.9. The smallest absolute Gasteiger partial charge is 0.410 e. The lowest BCUT2D eigenvalue weighted by Gasteiger charge is -2.35. The van der Waals surface area contributed by atoms with E-state index in [9.17, 15) is 14.4 Å². The summed E-state index contributed by atoms with van der Waals surface area (Å²) in [6, 6.07) is 2.94. The van der Waals surface area contributed by atoms with Crippen molar-refractivity contribution in [1.29, 1.82) is 0 Å². The molecule has 1 aliphatic rings. The highest BCUT2D eigenvalue weighted by molar-refractivity contribution is 5.93. The van der Waals surface area contributed by atoms with Crippen LogP contribution >= 0.6 is 0 Å².